The van der Waals surface area contributed by atoms with Crippen LogP contribution in [0.1, 0.15) is 10.4 Å². The van der Waals surface area contributed by atoms with E-state index in [-0.39, 0.29) is 30.3 Å². The van der Waals surface area contributed by atoms with E-state index in [4.69, 9.17) is 9.84 Å². The van der Waals surface area contributed by atoms with E-state index >= 15 is 0 Å². The number of carbonyl (C=O) groups is 1. The standard InChI is InChI=1S/C19H15F3N4O4/c20-19(21,22)30-15-3-1-14(2-4-15)26-17(28)12-7-16(13-8-23-11-24-9-13)18(25-10-12)29-6-5-27/h1-4,7-11,27H,5-6H2,(H,26,28). The van der Waals surface area contributed by atoms with Crippen LogP contribution in [0.25, 0.3) is 11.1 Å². The van der Waals surface area contributed by atoms with Crippen molar-refractivity contribution in [2.75, 3.05) is 18.5 Å². The Morgan fingerprint density at radius 1 is 1.10 bits per heavy atom. The third-order valence-electron chi connectivity index (χ3n) is 3.66. The largest absolute Gasteiger partial charge is 0.573 e. The average Bonchev–Trinajstić information content (AvgIpc) is 2.73. The van der Waals surface area contributed by atoms with Gasteiger partial charge in [0.25, 0.3) is 5.91 Å². The zero-order valence-corrected chi connectivity index (χ0v) is 15.3. The van der Waals surface area contributed by atoms with Crippen LogP contribution in [0.4, 0.5) is 18.9 Å². The van der Waals surface area contributed by atoms with Crippen LogP contribution in [-0.2, 0) is 0 Å². The molecule has 3 aromatic rings. The molecule has 2 heterocycles. The van der Waals surface area contributed by atoms with Gasteiger partial charge >= 0.3 is 6.36 Å². The summed E-state index contributed by atoms with van der Waals surface area (Å²) >= 11 is 0. The highest BCUT2D eigenvalue weighted by atomic mass is 19.4. The predicted octanol–water partition coefficient (Wildman–Crippen LogP) is 3.06. The lowest BCUT2D eigenvalue weighted by Crippen LogP contribution is -2.17. The molecular weight excluding hydrogens is 405 g/mol. The number of anilines is 1. The number of alkyl halides is 3. The molecule has 0 spiro atoms. The molecule has 0 aliphatic carbocycles. The van der Waals surface area contributed by atoms with Gasteiger partial charge in [0.15, 0.2) is 0 Å². The lowest BCUT2D eigenvalue weighted by Gasteiger charge is -2.12. The maximum atomic E-state index is 12.6. The summed E-state index contributed by atoms with van der Waals surface area (Å²) in [5, 5.41) is 11.5. The van der Waals surface area contributed by atoms with Crippen molar-refractivity contribution in [3.8, 4) is 22.8 Å². The minimum Gasteiger partial charge on any atom is -0.475 e. The van der Waals surface area contributed by atoms with E-state index in [2.05, 4.69) is 25.0 Å². The van der Waals surface area contributed by atoms with Crippen LogP contribution in [0.5, 0.6) is 11.6 Å². The second kappa shape index (κ2) is 9.18. The van der Waals surface area contributed by atoms with Crippen LogP contribution in [0.15, 0.2) is 55.2 Å². The second-order valence-electron chi connectivity index (χ2n) is 5.80. The molecule has 3 rings (SSSR count). The summed E-state index contributed by atoms with van der Waals surface area (Å²) in [5.41, 5.74) is 1.41. The molecule has 8 nitrogen and oxygen atoms in total. The van der Waals surface area contributed by atoms with E-state index in [1.165, 1.54) is 43.1 Å². The molecular formula is C19H15F3N4O4. The minimum absolute atomic E-state index is 0.00553. The van der Waals surface area contributed by atoms with Gasteiger partial charge in [-0.1, -0.05) is 0 Å². The maximum absolute atomic E-state index is 12.6. The number of pyridine rings is 1. The van der Waals surface area contributed by atoms with Gasteiger partial charge in [0.05, 0.1) is 12.2 Å². The number of ether oxygens (including phenoxy) is 2. The van der Waals surface area contributed by atoms with Crippen LogP contribution < -0.4 is 14.8 Å². The summed E-state index contributed by atoms with van der Waals surface area (Å²) in [5.74, 6) is -0.762. The monoisotopic (exact) mass is 420 g/mol. The minimum atomic E-state index is -4.80. The number of benzene rings is 1. The van der Waals surface area contributed by atoms with Gasteiger partial charge in [-0.15, -0.1) is 13.2 Å². The highest BCUT2D eigenvalue weighted by Crippen LogP contribution is 2.29. The second-order valence-corrected chi connectivity index (χ2v) is 5.80. The van der Waals surface area contributed by atoms with Crippen molar-refractivity contribution in [2.24, 2.45) is 0 Å². The van der Waals surface area contributed by atoms with Gasteiger partial charge in [-0.25, -0.2) is 15.0 Å². The number of rotatable bonds is 7. The average molecular weight is 420 g/mol. The van der Waals surface area contributed by atoms with E-state index in [0.29, 0.717) is 11.1 Å². The van der Waals surface area contributed by atoms with E-state index in [1.54, 1.807) is 0 Å². The normalized spacial score (nSPS) is 11.1. The number of carbonyl (C=O) groups excluding carboxylic acids is 1. The molecule has 2 aromatic heterocycles. The molecule has 2 N–H and O–H groups in total. The smallest absolute Gasteiger partial charge is 0.475 e. The van der Waals surface area contributed by atoms with Gasteiger partial charge in [-0.2, -0.15) is 0 Å². The molecule has 1 aromatic carbocycles. The summed E-state index contributed by atoms with van der Waals surface area (Å²) in [6.07, 6.45) is 0.839. The third-order valence-corrected chi connectivity index (χ3v) is 3.66. The quantitative estimate of drug-likeness (QED) is 0.605. The molecule has 0 aliphatic rings. The van der Waals surface area contributed by atoms with Crippen LogP contribution >= 0.6 is 0 Å². The van der Waals surface area contributed by atoms with Gasteiger partial charge in [-0.05, 0) is 30.3 Å². The summed E-state index contributed by atoms with van der Waals surface area (Å²) < 4.78 is 45.9. The summed E-state index contributed by atoms with van der Waals surface area (Å²) in [7, 11) is 0. The van der Waals surface area contributed by atoms with E-state index in [9.17, 15) is 18.0 Å². The van der Waals surface area contributed by atoms with E-state index in [1.807, 2.05) is 0 Å². The highest BCUT2D eigenvalue weighted by molar-refractivity contribution is 6.04. The van der Waals surface area contributed by atoms with Gasteiger partial charge in [-0.3, -0.25) is 4.79 Å². The molecule has 156 valence electrons. The Kier molecular flexibility index (Phi) is 6.42. The number of nitrogens with zero attached hydrogens (tertiary/aromatic N) is 3. The third kappa shape index (κ3) is 5.64. The van der Waals surface area contributed by atoms with E-state index < -0.39 is 18.0 Å². The number of aliphatic hydroxyl groups is 1. The summed E-state index contributed by atoms with van der Waals surface area (Å²) in [4.78, 5) is 24.5. The topological polar surface area (TPSA) is 106 Å². The van der Waals surface area contributed by atoms with Crippen LogP contribution in [0.3, 0.4) is 0 Å². The first-order valence-corrected chi connectivity index (χ1v) is 8.52. The fraction of sp³-hybridized carbons (Fsp3) is 0.158. The summed E-state index contributed by atoms with van der Waals surface area (Å²) in [6, 6.07) is 6.23. The van der Waals surface area contributed by atoms with E-state index in [0.717, 1.165) is 12.1 Å². The van der Waals surface area contributed by atoms with Gasteiger partial charge < -0.3 is 19.9 Å². The van der Waals surface area contributed by atoms with Crippen molar-refractivity contribution in [3.05, 3.63) is 60.8 Å². The molecule has 0 fully saturated rings. The van der Waals surface area contributed by atoms with Crippen molar-refractivity contribution >= 4 is 11.6 Å². The number of amides is 1. The molecule has 0 atom stereocenters. The predicted molar refractivity (Wildman–Crippen MR) is 98.9 cm³/mol. The number of aliphatic hydroxyl groups excluding tert-OH is 1. The molecule has 0 aliphatic heterocycles. The van der Waals surface area contributed by atoms with Crippen molar-refractivity contribution in [1.82, 2.24) is 15.0 Å². The van der Waals surface area contributed by atoms with Crippen molar-refractivity contribution < 1.29 is 32.5 Å². The molecule has 0 saturated carbocycles. The molecule has 0 saturated heterocycles. The maximum Gasteiger partial charge on any atom is 0.573 e. The molecule has 0 unspecified atom stereocenters. The molecule has 11 heteroatoms. The van der Waals surface area contributed by atoms with Crippen LogP contribution in [-0.4, -0.2) is 45.5 Å². The van der Waals surface area contributed by atoms with Gasteiger partial charge in [0.1, 0.15) is 18.7 Å². The Hall–Kier alpha value is -3.73. The zero-order valence-electron chi connectivity index (χ0n) is 15.3. The Bertz CT molecular complexity index is 999. The Morgan fingerprint density at radius 2 is 1.80 bits per heavy atom. The Balaban J connectivity index is 1.80. The van der Waals surface area contributed by atoms with Gasteiger partial charge in [0.2, 0.25) is 5.88 Å². The first-order valence-electron chi connectivity index (χ1n) is 8.52. The number of aromatic nitrogens is 3. The van der Waals surface area contributed by atoms with Crippen LogP contribution in [0.2, 0.25) is 0 Å². The SMILES string of the molecule is O=C(Nc1ccc(OC(F)(F)F)cc1)c1cnc(OCCO)c(-c2cncnc2)c1. The molecule has 0 radical (unpaired) electrons. The lowest BCUT2D eigenvalue weighted by molar-refractivity contribution is -0.274. The number of halogens is 3. The Labute approximate surface area is 168 Å². The van der Waals surface area contributed by atoms with Crippen molar-refractivity contribution in [1.29, 1.82) is 0 Å². The van der Waals surface area contributed by atoms with Crippen molar-refractivity contribution in [3.63, 3.8) is 0 Å². The Morgan fingerprint density at radius 3 is 2.43 bits per heavy atom. The van der Waals surface area contributed by atoms with Crippen molar-refractivity contribution in [2.45, 2.75) is 6.36 Å². The molecule has 0 bridgehead atoms. The fourth-order valence-electron chi connectivity index (χ4n) is 2.42. The number of hydrogen-bond acceptors (Lipinski definition) is 7. The first-order chi connectivity index (χ1) is 14.4. The lowest BCUT2D eigenvalue weighted by atomic mass is 10.1. The fourth-order valence-corrected chi connectivity index (χ4v) is 2.42. The summed E-state index contributed by atoms with van der Waals surface area (Å²) in [6.45, 7) is -0.214. The highest BCUT2D eigenvalue weighted by Gasteiger charge is 2.31. The van der Waals surface area contributed by atoms with Crippen LogP contribution in [0, 0.1) is 0 Å². The molecule has 1 amide bonds. The first kappa shape index (κ1) is 21.0. The number of nitrogens with one attached hydrogen (secondary N) is 1. The number of hydrogen-bond donors (Lipinski definition) is 2. The molecule has 30 heavy (non-hydrogen) atoms. The van der Waals surface area contributed by atoms with Gasteiger partial charge in [0, 0.05) is 35.4 Å². The zero-order chi connectivity index (χ0) is 21.6.